The lowest BCUT2D eigenvalue weighted by atomic mass is 10.3. The summed E-state index contributed by atoms with van der Waals surface area (Å²) >= 11 is 0. The van der Waals surface area contributed by atoms with E-state index in [0.29, 0.717) is 0 Å². The van der Waals surface area contributed by atoms with Gasteiger partial charge in [-0.1, -0.05) is 0 Å². The zero-order valence-electron chi connectivity index (χ0n) is 7.44. The highest BCUT2D eigenvalue weighted by Crippen LogP contribution is 2.21. The maximum atomic E-state index is 11.2. The molecule has 0 aliphatic carbocycles. The highest BCUT2D eigenvalue weighted by atomic mass is 16.6. The summed E-state index contributed by atoms with van der Waals surface area (Å²) in [5.74, 6) is 0. The van der Waals surface area contributed by atoms with Crippen molar-refractivity contribution in [3.8, 4) is 0 Å². The van der Waals surface area contributed by atoms with Gasteiger partial charge >= 0.3 is 17.1 Å². The Morgan fingerprint density at radius 1 is 1.29 bits per heavy atom. The first kappa shape index (κ1) is 8.95. The van der Waals surface area contributed by atoms with Crippen LogP contribution in [0, 0.1) is 0 Å². The second-order valence-electron chi connectivity index (χ2n) is 3.18. The molecule has 0 saturated carbocycles. The normalized spacial score (nSPS) is 24.9. The van der Waals surface area contributed by atoms with Crippen molar-refractivity contribution in [3.05, 3.63) is 31.5 Å². The first-order valence-electron chi connectivity index (χ1n) is 4.17. The highest BCUT2D eigenvalue weighted by Gasteiger charge is 2.35. The molecule has 1 fully saturated rings. The minimum Gasteiger partial charge on any atom is -0.368 e. The van der Waals surface area contributed by atoms with Crippen molar-refractivity contribution in [1.82, 2.24) is 14.5 Å². The molecule has 0 amide bonds. The van der Waals surface area contributed by atoms with Gasteiger partial charge in [-0.2, -0.15) is 0 Å². The van der Waals surface area contributed by atoms with Crippen LogP contribution in [0.25, 0.3) is 0 Å². The molecule has 0 bridgehead atoms. The fourth-order valence-corrected chi connectivity index (χ4v) is 1.22. The molecule has 2 atom stereocenters. The molecule has 2 N–H and O–H groups in total. The van der Waals surface area contributed by atoms with Crippen LogP contribution < -0.4 is 17.1 Å². The third-order valence-electron chi connectivity index (χ3n) is 2.13. The summed E-state index contributed by atoms with van der Waals surface area (Å²) < 4.78 is 5.97. The van der Waals surface area contributed by atoms with E-state index < -0.39 is 17.1 Å². The maximum Gasteiger partial charge on any atom is 0.333 e. The molecular formula is C7H9N3O4. The van der Waals surface area contributed by atoms with Gasteiger partial charge < -0.3 is 4.74 Å². The van der Waals surface area contributed by atoms with Crippen LogP contribution in [0.2, 0.25) is 0 Å². The van der Waals surface area contributed by atoms with Gasteiger partial charge in [-0.3, -0.25) is 9.97 Å². The summed E-state index contributed by atoms with van der Waals surface area (Å²) in [6.45, 7) is 2.02. The number of epoxide rings is 1. The van der Waals surface area contributed by atoms with Crippen LogP contribution in [0.4, 0.5) is 0 Å². The quantitative estimate of drug-likeness (QED) is 0.538. The van der Waals surface area contributed by atoms with Crippen molar-refractivity contribution in [2.45, 2.75) is 25.7 Å². The lowest BCUT2D eigenvalue weighted by molar-refractivity contribution is 0.354. The predicted molar refractivity (Wildman–Crippen MR) is 46.3 cm³/mol. The van der Waals surface area contributed by atoms with E-state index in [1.54, 1.807) is 0 Å². The van der Waals surface area contributed by atoms with Gasteiger partial charge in [0.2, 0.25) is 0 Å². The summed E-state index contributed by atoms with van der Waals surface area (Å²) in [5, 5.41) is 0. The lowest BCUT2D eigenvalue weighted by Crippen LogP contribution is -2.44. The van der Waals surface area contributed by atoms with Crippen LogP contribution in [0.3, 0.4) is 0 Å². The molecule has 1 aromatic heterocycles. The monoisotopic (exact) mass is 199 g/mol. The number of ether oxygens (including phenoxy) is 1. The maximum absolute atomic E-state index is 11.2. The number of aromatic amines is 2. The Morgan fingerprint density at radius 3 is 2.21 bits per heavy atom. The fraction of sp³-hybridized carbons (Fsp3) is 0.571. The smallest absolute Gasteiger partial charge is 0.333 e. The molecular weight excluding hydrogens is 190 g/mol. The number of hydrogen-bond acceptors (Lipinski definition) is 4. The Kier molecular flexibility index (Phi) is 1.88. The van der Waals surface area contributed by atoms with E-state index >= 15 is 0 Å². The largest absolute Gasteiger partial charge is 0.368 e. The van der Waals surface area contributed by atoms with Gasteiger partial charge in [0.1, 0.15) is 6.10 Å². The van der Waals surface area contributed by atoms with E-state index in [1.165, 1.54) is 0 Å². The van der Waals surface area contributed by atoms with Crippen LogP contribution in [-0.4, -0.2) is 26.7 Å². The van der Waals surface area contributed by atoms with Crippen LogP contribution in [0.5, 0.6) is 0 Å². The minimum absolute atomic E-state index is 0.0632. The highest BCUT2D eigenvalue weighted by molar-refractivity contribution is 4.82. The number of hydrogen-bond donors (Lipinski definition) is 2. The Bertz CT molecular complexity index is 476. The third-order valence-corrected chi connectivity index (χ3v) is 2.13. The molecule has 1 aliphatic heterocycles. The van der Waals surface area contributed by atoms with Crippen LogP contribution >= 0.6 is 0 Å². The van der Waals surface area contributed by atoms with E-state index in [-0.39, 0.29) is 18.8 Å². The molecule has 1 aliphatic rings. The predicted octanol–water partition coefficient (Wildman–Crippen LogP) is -1.99. The summed E-state index contributed by atoms with van der Waals surface area (Å²) in [5.41, 5.74) is -2.20. The second-order valence-corrected chi connectivity index (χ2v) is 3.18. The number of rotatable bonds is 2. The van der Waals surface area contributed by atoms with E-state index in [4.69, 9.17) is 4.74 Å². The lowest BCUT2D eigenvalue weighted by Gasteiger charge is -1.98. The summed E-state index contributed by atoms with van der Waals surface area (Å²) in [6.07, 6.45) is -0.0482. The molecule has 7 heteroatoms. The first-order valence-corrected chi connectivity index (χ1v) is 4.17. The van der Waals surface area contributed by atoms with E-state index in [0.717, 1.165) is 4.57 Å². The number of H-pyrrole nitrogens is 2. The molecule has 76 valence electrons. The molecule has 2 rings (SSSR count). The summed E-state index contributed by atoms with van der Waals surface area (Å²) in [4.78, 5) is 36.9. The van der Waals surface area contributed by atoms with Gasteiger partial charge in [0, 0.05) is 0 Å². The standard InChI is InChI=1S/C7H9N3O4/c1-3-4(14-3)2-10-6(12)8-5(11)9-7(10)13/h3-4H,2H2,1H3,(H2,8,9,11,12,13). The van der Waals surface area contributed by atoms with Crippen molar-refractivity contribution in [1.29, 1.82) is 0 Å². The molecule has 1 aromatic rings. The van der Waals surface area contributed by atoms with Crippen LogP contribution in [0.1, 0.15) is 6.92 Å². The Labute approximate surface area is 77.4 Å². The van der Waals surface area contributed by atoms with E-state index in [9.17, 15) is 14.4 Å². The molecule has 2 unspecified atom stereocenters. The summed E-state index contributed by atoms with van der Waals surface area (Å²) in [7, 11) is 0. The average Bonchev–Trinajstić information content (AvgIpc) is 2.74. The van der Waals surface area contributed by atoms with E-state index in [2.05, 4.69) is 0 Å². The zero-order chi connectivity index (χ0) is 10.3. The van der Waals surface area contributed by atoms with Crippen LogP contribution in [0.15, 0.2) is 14.4 Å². The molecule has 0 radical (unpaired) electrons. The molecule has 0 aromatic carbocycles. The third kappa shape index (κ3) is 1.53. The molecule has 14 heavy (non-hydrogen) atoms. The molecule has 2 heterocycles. The number of aromatic nitrogens is 3. The zero-order valence-corrected chi connectivity index (χ0v) is 7.44. The van der Waals surface area contributed by atoms with Gasteiger partial charge in [-0.05, 0) is 6.92 Å². The SMILES string of the molecule is CC1OC1Cn1c(=O)[nH]c(=O)[nH]c1=O. The fourth-order valence-electron chi connectivity index (χ4n) is 1.22. The topological polar surface area (TPSA) is 100 Å². The molecule has 1 saturated heterocycles. The average molecular weight is 199 g/mol. The minimum atomic E-state index is -0.791. The molecule has 7 nitrogen and oxygen atoms in total. The van der Waals surface area contributed by atoms with Gasteiger partial charge in [-0.25, -0.2) is 19.0 Å². The van der Waals surface area contributed by atoms with Crippen LogP contribution in [-0.2, 0) is 11.3 Å². The van der Waals surface area contributed by atoms with Crippen molar-refractivity contribution in [2.75, 3.05) is 0 Å². The van der Waals surface area contributed by atoms with Crippen molar-refractivity contribution < 1.29 is 4.74 Å². The Morgan fingerprint density at radius 2 is 1.79 bits per heavy atom. The second kappa shape index (κ2) is 2.95. The van der Waals surface area contributed by atoms with Crippen molar-refractivity contribution >= 4 is 0 Å². The van der Waals surface area contributed by atoms with Gasteiger partial charge in [-0.15, -0.1) is 0 Å². The van der Waals surface area contributed by atoms with E-state index in [1.807, 2.05) is 16.9 Å². The van der Waals surface area contributed by atoms with Gasteiger partial charge in [0.25, 0.3) is 0 Å². The Hall–Kier alpha value is -1.63. The van der Waals surface area contributed by atoms with Gasteiger partial charge in [0.05, 0.1) is 12.6 Å². The van der Waals surface area contributed by atoms with Crippen molar-refractivity contribution in [2.24, 2.45) is 0 Å². The number of nitrogens with one attached hydrogen (secondary N) is 2. The number of nitrogens with zero attached hydrogens (tertiary/aromatic N) is 1. The Balaban J connectivity index is 2.38. The molecule has 0 spiro atoms. The van der Waals surface area contributed by atoms with Crippen molar-refractivity contribution in [3.63, 3.8) is 0 Å². The first-order chi connectivity index (χ1) is 6.58. The summed E-state index contributed by atoms with van der Waals surface area (Å²) in [6, 6.07) is 0. The van der Waals surface area contributed by atoms with Gasteiger partial charge in [0.15, 0.2) is 0 Å².